The molecular weight excluding hydrogens is 943 g/mol. The molecule has 0 N–H and O–H groups in total. The first kappa shape index (κ1) is 42.6. The van der Waals surface area contributed by atoms with Crippen LogP contribution in [0.2, 0.25) is 0 Å². The lowest BCUT2D eigenvalue weighted by Gasteiger charge is -2.21. The molecule has 16 rings (SSSR count). The van der Waals surface area contributed by atoms with E-state index in [1.54, 1.807) is 11.3 Å². The van der Waals surface area contributed by atoms with E-state index in [2.05, 4.69) is 268 Å². The molecule has 0 radical (unpaired) electrons. The highest BCUT2D eigenvalue weighted by Gasteiger charge is 2.26. The zero-order valence-corrected chi connectivity index (χ0v) is 41.8. The average Bonchev–Trinajstić information content (AvgIpc) is 4.32. The third kappa shape index (κ3) is 6.44. The molecule has 0 saturated heterocycles. The van der Waals surface area contributed by atoms with Crippen molar-refractivity contribution in [3.8, 4) is 62.0 Å². The number of thiophene rings is 1. The van der Waals surface area contributed by atoms with Gasteiger partial charge in [0.25, 0.3) is 0 Å². The molecule has 0 spiro atoms. The molecule has 0 bridgehead atoms. The van der Waals surface area contributed by atoms with E-state index in [1.807, 2.05) is 6.07 Å². The number of aromatic nitrogens is 5. The Morgan fingerprint density at radius 3 is 1.28 bits per heavy atom. The summed E-state index contributed by atoms with van der Waals surface area (Å²) in [6.45, 7) is 0. The summed E-state index contributed by atoms with van der Waals surface area (Å²) in [6, 6.07) is 94.9. The summed E-state index contributed by atoms with van der Waals surface area (Å²) in [5.74, 6) is 0.706. The van der Waals surface area contributed by atoms with E-state index in [1.165, 1.54) is 59.1 Å². The molecule has 0 fully saturated rings. The highest BCUT2D eigenvalue weighted by molar-refractivity contribution is 7.26. The van der Waals surface area contributed by atoms with Gasteiger partial charge < -0.3 is 13.7 Å². The van der Waals surface area contributed by atoms with Gasteiger partial charge in [-0.3, -0.25) is 0 Å². The highest BCUT2D eigenvalue weighted by atomic mass is 32.1. The van der Waals surface area contributed by atoms with Gasteiger partial charge in [-0.1, -0.05) is 188 Å². The van der Waals surface area contributed by atoms with Crippen LogP contribution in [0.3, 0.4) is 0 Å². The molecule has 0 amide bonds. The van der Waals surface area contributed by atoms with Crippen LogP contribution < -0.4 is 0 Å². The average molecular weight is 986 g/mol. The summed E-state index contributed by atoms with van der Waals surface area (Å²) in [6.07, 6.45) is 0. The molecular formula is C70H43N5S. The fourth-order valence-corrected chi connectivity index (χ4v) is 13.3. The van der Waals surface area contributed by atoms with Crippen LogP contribution >= 0.6 is 11.3 Å². The van der Waals surface area contributed by atoms with Gasteiger partial charge in [-0.25, -0.2) is 9.97 Å². The number of nitrogens with zero attached hydrogens (tertiary/aromatic N) is 5. The Hall–Kier alpha value is -9.88. The molecule has 11 aromatic carbocycles. The zero-order chi connectivity index (χ0) is 49.8. The van der Waals surface area contributed by atoms with Crippen LogP contribution in [-0.2, 0) is 0 Å². The van der Waals surface area contributed by atoms with Gasteiger partial charge in [0, 0.05) is 76.0 Å². The van der Waals surface area contributed by atoms with Crippen molar-refractivity contribution >= 4 is 97.1 Å². The van der Waals surface area contributed by atoms with Gasteiger partial charge in [-0.2, -0.15) is 0 Å². The molecule has 354 valence electrons. The third-order valence-electron chi connectivity index (χ3n) is 15.4. The van der Waals surface area contributed by atoms with Gasteiger partial charge in [0.05, 0.1) is 54.7 Å². The molecule has 5 nitrogen and oxygen atoms in total. The SMILES string of the molecule is c1ccc(-c2nc(-c3cc(-c4ccccc4)c(-n4c5ccc(-n6c7ccccc7c7ccccc76)cc5c5ccc(-n6c7ccccc7c7ccccc76)cc54)c(-c4ccccc4)c3)c3sc4ccccc4c3n2)cc1. The second kappa shape index (κ2) is 16.8. The second-order valence-corrected chi connectivity index (χ2v) is 20.7. The van der Waals surface area contributed by atoms with Crippen LogP contribution in [0.5, 0.6) is 0 Å². The van der Waals surface area contributed by atoms with Crippen LogP contribution in [-0.4, -0.2) is 23.7 Å². The Bertz CT molecular complexity index is 4820. The van der Waals surface area contributed by atoms with E-state index in [9.17, 15) is 0 Å². The molecule has 0 saturated carbocycles. The molecule has 6 heteroatoms. The van der Waals surface area contributed by atoms with Crippen molar-refractivity contribution in [3.05, 3.63) is 261 Å². The van der Waals surface area contributed by atoms with E-state index < -0.39 is 0 Å². The van der Waals surface area contributed by atoms with Crippen LogP contribution in [0.1, 0.15) is 0 Å². The van der Waals surface area contributed by atoms with Crippen LogP contribution in [0, 0.1) is 0 Å². The predicted molar refractivity (Wildman–Crippen MR) is 320 cm³/mol. The van der Waals surface area contributed by atoms with Gasteiger partial charge in [-0.05, 0) is 83.9 Å². The molecule has 76 heavy (non-hydrogen) atoms. The summed E-state index contributed by atoms with van der Waals surface area (Å²) >= 11 is 1.76. The number of rotatable bonds is 7. The lowest BCUT2D eigenvalue weighted by Crippen LogP contribution is -2.03. The first-order valence-corrected chi connectivity index (χ1v) is 26.6. The van der Waals surface area contributed by atoms with Crippen molar-refractivity contribution < 1.29 is 0 Å². The zero-order valence-electron chi connectivity index (χ0n) is 41.0. The fraction of sp³-hybridized carbons (Fsp3) is 0. The summed E-state index contributed by atoms with van der Waals surface area (Å²) in [5, 5.41) is 8.41. The Labute approximate surface area is 441 Å². The topological polar surface area (TPSA) is 40.6 Å². The summed E-state index contributed by atoms with van der Waals surface area (Å²) in [7, 11) is 0. The first-order valence-electron chi connectivity index (χ1n) is 25.8. The van der Waals surface area contributed by atoms with E-state index >= 15 is 0 Å². The van der Waals surface area contributed by atoms with E-state index in [4.69, 9.17) is 9.97 Å². The molecule has 0 aliphatic rings. The number of hydrogen-bond donors (Lipinski definition) is 0. The van der Waals surface area contributed by atoms with Gasteiger partial charge in [0.15, 0.2) is 5.82 Å². The highest BCUT2D eigenvalue weighted by Crippen LogP contribution is 2.48. The Morgan fingerprint density at radius 2 is 0.724 bits per heavy atom. The van der Waals surface area contributed by atoms with Crippen molar-refractivity contribution in [2.45, 2.75) is 0 Å². The largest absolute Gasteiger partial charge is 0.309 e. The Balaban J connectivity index is 1.05. The quantitative estimate of drug-likeness (QED) is 0.160. The van der Waals surface area contributed by atoms with Crippen LogP contribution in [0.15, 0.2) is 261 Å². The van der Waals surface area contributed by atoms with Gasteiger partial charge >= 0.3 is 0 Å². The predicted octanol–water partition coefficient (Wildman–Crippen LogP) is 18.8. The first-order chi connectivity index (χ1) is 37.7. The van der Waals surface area contributed by atoms with Gasteiger partial charge in [-0.15, -0.1) is 11.3 Å². The molecule has 16 aromatic rings. The summed E-state index contributed by atoms with van der Waals surface area (Å²) in [4.78, 5) is 10.9. The maximum absolute atomic E-state index is 5.55. The number of hydrogen-bond acceptors (Lipinski definition) is 3. The van der Waals surface area contributed by atoms with E-state index in [0.717, 1.165) is 82.8 Å². The number of fused-ring (bicyclic) bond motifs is 12. The van der Waals surface area contributed by atoms with Gasteiger partial charge in [0.2, 0.25) is 0 Å². The Morgan fingerprint density at radius 1 is 0.289 bits per heavy atom. The van der Waals surface area contributed by atoms with Crippen molar-refractivity contribution in [1.82, 2.24) is 23.7 Å². The van der Waals surface area contributed by atoms with Crippen molar-refractivity contribution in [3.63, 3.8) is 0 Å². The smallest absolute Gasteiger partial charge is 0.160 e. The van der Waals surface area contributed by atoms with Crippen molar-refractivity contribution in [1.29, 1.82) is 0 Å². The molecule has 5 heterocycles. The van der Waals surface area contributed by atoms with Crippen molar-refractivity contribution in [2.24, 2.45) is 0 Å². The monoisotopic (exact) mass is 985 g/mol. The molecule has 0 unspecified atom stereocenters. The van der Waals surface area contributed by atoms with Crippen molar-refractivity contribution in [2.75, 3.05) is 0 Å². The lowest BCUT2D eigenvalue weighted by atomic mass is 9.91. The minimum atomic E-state index is 0.706. The lowest BCUT2D eigenvalue weighted by molar-refractivity contribution is 1.15. The van der Waals surface area contributed by atoms with Crippen LogP contribution in [0.4, 0.5) is 0 Å². The maximum Gasteiger partial charge on any atom is 0.160 e. The molecule has 0 aliphatic carbocycles. The Kier molecular flexibility index (Phi) is 9.44. The number of para-hydroxylation sites is 4. The second-order valence-electron chi connectivity index (χ2n) is 19.7. The molecule has 0 aliphatic heterocycles. The summed E-state index contributed by atoms with van der Waals surface area (Å²) < 4.78 is 9.67. The van der Waals surface area contributed by atoms with Gasteiger partial charge in [0.1, 0.15) is 0 Å². The fourth-order valence-electron chi connectivity index (χ4n) is 12.1. The molecule has 5 aromatic heterocycles. The number of benzene rings is 11. The van der Waals surface area contributed by atoms with Crippen LogP contribution in [0.25, 0.3) is 148 Å². The maximum atomic E-state index is 5.55. The summed E-state index contributed by atoms with van der Waals surface area (Å²) in [5.41, 5.74) is 18.5. The van der Waals surface area contributed by atoms with E-state index in [0.29, 0.717) is 5.82 Å². The third-order valence-corrected chi connectivity index (χ3v) is 16.6. The standard InChI is InChI=1S/C70H43N5S/c1-4-20-44(21-5-1)56-40-47(66-69-67(55-30-14-19-35-65(55)76-69)72-70(71-66)46-24-8-3-9-25-46)41-57(45-22-6-2-7-23-45)68(56)75-63-39-37-48(73-59-31-15-10-26-50(59)51-27-11-16-32-60(51)73)42-58(63)54-38-36-49(43-64(54)75)74-61-33-17-12-28-52(61)53-29-13-18-34-62(53)74/h1-43H. The minimum Gasteiger partial charge on any atom is -0.309 e. The normalized spacial score (nSPS) is 11.9. The van der Waals surface area contributed by atoms with E-state index in [-0.39, 0.29) is 0 Å². The minimum absolute atomic E-state index is 0.706. The molecule has 0 atom stereocenters.